The normalized spacial score (nSPS) is 11.5. The number of aliphatic hydroxyl groups excluding tert-OH is 1. The predicted octanol–water partition coefficient (Wildman–Crippen LogP) is 2.85. The van der Waals surface area contributed by atoms with Gasteiger partial charge < -0.3 is 26.4 Å². The highest BCUT2D eigenvalue weighted by Gasteiger charge is 2.16. The number of hydrogen-bond donors (Lipinski definition) is 5. The Hall–Kier alpha value is -3.51. The fourth-order valence-electron chi connectivity index (χ4n) is 3.03. The van der Waals surface area contributed by atoms with Crippen molar-refractivity contribution in [1.29, 1.82) is 10.8 Å². The van der Waals surface area contributed by atoms with Gasteiger partial charge >= 0.3 is 0 Å². The minimum Gasteiger partial charge on any atom is -0.419 e. The van der Waals surface area contributed by atoms with Crippen LogP contribution in [0.3, 0.4) is 0 Å². The molecule has 10 nitrogen and oxygen atoms in total. The number of nitrogens with two attached hydrogens (primary N) is 1. The first-order chi connectivity index (χ1) is 16.3. The number of aliphatic hydroxyl groups is 1. The molecular formula is C24H38N6O4S. The number of hydrogen-bond acceptors (Lipinski definition) is 9. The maximum atomic E-state index is 12.3. The third-order valence-electron chi connectivity index (χ3n) is 4.86. The second-order valence-electron chi connectivity index (χ2n) is 7.72. The molecule has 1 heterocycles. The monoisotopic (exact) mass is 506 g/mol. The molecule has 0 fully saturated rings. The van der Waals surface area contributed by atoms with Crippen LogP contribution in [0.25, 0.3) is 11.3 Å². The minimum atomic E-state index is -1.09. The van der Waals surface area contributed by atoms with Crippen molar-refractivity contribution in [2.75, 3.05) is 18.9 Å². The Morgan fingerprint density at radius 3 is 2.40 bits per heavy atom. The topological polar surface area (TPSA) is 190 Å². The lowest BCUT2D eigenvalue weighted by Crippen LogP contribution is -2.18. The summed E-state index contributed by atoms with van der Waals surface area (Å²) in [4.78, 5) is 9.27. The Morgan fingerprint density at radius 1 is 1.14 bits per heavy atom. The van der Waals surface area contributed by atoms with Gasteiger partial charge in [-0.05, 0) is 29.8 Å². The van der Waals surface area contributed by atoms with Gasteiger partial charge in [-0.25, -0.2) is 9.97 Å². The largest absolute Gasteiger partial charge is 0.419 e. The Morgan fingerprint density at radius 2 is 1.80 bits per heavy atom. The first kappa shape index (κ1) is 27.7. The van der Waals surface area contributed by atoms with E-state index in [9.17, 15) is 4.21 Å². The van der Waals surface area contributed by atoms with Gasteiger partial charge in [0.05, 0.1) is 29.3 Å². The smallest absolute Gasteiger partial charge is 0.243 e. The molecule has 1 unspecified atom stereocenters. The van der Waals surface area contributed by atoms with E-state index in [1.165, 1.54) is 6.20 Å². The van der Waals surface area contributed by atoms with E-state index in [0.29, 0.717) is 24.3 Å². The Bertz CT molecular complexity index is 1200. The third kappa shape index (κ3) is 7.23. The summed E-state index contributed by atoms with van der Waals surface area (Å²) in [7, 11) is -1.09. The van der Waals surface area contributed by atoms with Crippen LogP contribution >= 0.6 is 0 Å². The van der Waals surface area contributed by atoms with Gasteiger partial charge in [0.1, 0.15) is 0 Å². The SMILES string of the molecule is CC(C)S(=O)c1ccc(-c2cnc(N)c(C(=N)OC(=N)c3ccc(CNCCO)cc3)n2)cc1.O.[HH].[HH].[HH].[HH]. The fourth-order valence-corrected chi connectivity index (χ4v) is 3.98. The molecule has 11 heteroatoms. The van der Waals surface area contributed by atoms with Crippen LogP contribution in [-0.4, -0.2) is 55.0 Å². The zero-order valence-corrected chi connectivity index (χ0v) is 20.4. The number of anilines is 1. The second-order valence-corrected chi connectivity index (χ2v) is 9.73. The zero-order valence-electron chi connectivity index (χ0n) is 19.5. The minimum absolute atomic E-state index is 0. The predicted molar refractivity (Wildman–Crippen MR) is 145 cm³/mol. The van der Waals surface area contributed by atoms with Gasteiger partial charge in [-0.15, -0.1) is 0 Å². The van der Waals surface area contributed by atoms with Crippen LogP contribution in [-0.2, 0) is 22.1 Å². The number of benzene rings is 2. The number of rotatable bonds is 9. The quantitative estimate of drug-likeness (QED) is 0.167. The Labute approximate surface area is 212 Å². The van der Waals surface area contributed by atoms with Crippen LogP contribution in [0.4, 0.5) is 5.82 Å². The lowest BCUT2D eigenvalue weighted by Gasteiger charge is -2.11. The van der Waals surface area contributed by atoms with Gasteiger partial charge in [0.15, 0.2) is 11.5 Å². The summed E-state index contributed by atoms with van der Waals surface area (Å²) in [5.74, 6) is -0.584. The summed E-state index contributed by atoms with van der Waals surface area (Å²) in [6, 6.07) is 14.3. The molecule has 0 radical (unpaired) electrons. The van der Waals surface area contributed by atoms with Crippen molar-refractivity contribution in [3.8, 4) is 11.3 Å². The molecule has 0 aliphatic heterocycles. The molecular weight excluding hydrogens is 468 g/mol. The van der Waals surface area contributed by atoms with Gasteiger partial charge in [-0.1, -0.05) is 38.1 Å². The molecule has 8 N–H and O–H groups in total. The molecule has 0 spiro atoms. The van der Waals surface area contributed by atoms with Gasteiger partial charge in [-0.2, -0.15) is 0 Å². The van der Waals surface area contributed by atoms with Crippen molar-refractivity contribution < 1.29 is 25.2 Å². The third-order valence-corrected chi connectivity index (χ3v) is 6.46. The number of nitrogens with one attached hydrogen (secondary N) is 3. The fraction of sp³-hybridized carbons (Fsp3) is 0.250. The molecule has 2 aromatic carbocycles. The van der Waals surface area contributed by atoms with E-state index in [0.717, 1.165) is 16.0 Å². The maximum Gasteiger partial charge on any atom is 0.243 e. The molecule has 0 aliphatic rings. The standard InChI is InChI=1S/C24H28N6O3S.H2O.4H2/c1-15(2)34(32)19-9-7-17(8-10-19)20-14-29-22(25)21(30-20)24(27)33-23(26)18-5-3-16(4-6-18)13-28-11-12-31;;;;;/h3-10,14-15,26-28,31H,11-13H2,1-2H3,(H2,25,29);1H2;4*1H. The summed E-state index contributed by atoms with van der Waals surface area (Å²) in [6.07, 6.45) is 1.50. The van der Waals surface area contributed by atoms with Gasteiger partial charge in [-0.3, -0.25) is 15.0 Å². The lowest BCUT2D eigenvalue weighted by molar-refractivity contribution is 0.292. The van der Waals surface area contributed by atoms with Crippen molar-refractivity contribution in [1.82, 2.24) is 15.3 Å². The van der Waals surface area contributed by atoms with Gasteiger partial charge in [0.25, 0.3) is 0 Å². The second kappa shape index (κ2) is 12.8. The average molecular weight is 507 g/mol. The summed E-state index contributed by atoms with van der Waals surface area (Å²) >= 11 is 0. The van der Waals surface area contributed by atoms with Gasteiger partial charge in [0.2, 0.25) is 11.8 Å². The molecule has 1 aromatic heterocycles. The van der Waals surface area contributed by atoms with Crippen LogP contribution in [0.2, 0.25) is 0 Å². The molecule has 194 valence electrons. The summed E-state index contributed by atoms with van der Waals surface area (Å²) in [6.45, 7) is 4.96. The summed E-state index contributed by atoms with van der Waals surface area (Å²) < 4.78 is 17.7. The number of nitrogens with zero attached hydrogens (tertiary/aromatic N) is 2. The van der Waals surface area contributed by atoms with Crippen LogP contribution in [0.5, 0.6) is 0 Å². The number of ether oxygens (including phenoxy) is 1. The first-order valence-electron chi connectivity index (χ1n) is 10.7. The first-order valence-corrected chi connectivity index (χ1v) is 11.9. The zero-order chi connectivity index (χ0) is 24.7. The van der Waals surface area contributed by atoms with Crippen LogP contribution in [0.1, 0.15) is 36.4 Å². The average Bonchev–Trinajstić information content (AvgIpc) is 2.84. The molecule has 0 bridgehead atoms. The molecule has 0 amide bonds. The van der Waals surface area contributed by atoms with Crippen LogP contribution in [0, 0.1) is 10.8 Å². The highest BCUT2D eigenvalue weighted by Crippen LogP contribution is 2.22. The summed E-state index contributed by atoms with van der Waals surface area (Å²) in [5.41, 5.74) is 8.65. The molecule has 0 saturated heterocycles. The van der Waals surface area contributed by atoms with E-state index in [4.69, 9.17) is 26.4 Å². The molecule has 0 saturated carbocycles. The molecule has 3 aromatic rings. The van der Waals surface area contributed by atoms with E-state index in [2.05, 4.69) is 15.3 Å². The van der Waals surface area contributed by atoms with Crippen molar-refractivity contribution in [3.05, 3.63) is 71.5 Å². The highest BCUT2D eigenvalue weighted by molar-refractivity contribution is 7.85. The molecule has 3 rings (SSSR count). The van der Waals surface area contributed by atoms with Crippen molar-refractivity contribution in [3.63, 3.8) is 0 Å². The number of nitrogen functional groups attached to an aromatic ring is 1. The molecule has 1 atom stereocenters. The Kier molecular flexibility index (Phi) is 10.2. The molecule has 0 aliphatic carbocycles. The highest BCUT2D eigenvalue weighted by atomic mass is 32.2. The van der Waals surface area contributed by atoms with Crippen LogP contribution in [0.15, 0.2) is 59.6 Å². The number of aromatic nitrogens is 2. The van der Waals surface area contributed by atoms with Crippen molar-refractivity contribution in [2.24, 2.45) is 0 Å². The maximum absolute atomic E-state index is 12.3. The van der Waals surface area contributed by atoms with Crippen LogP contribution < -0.4 is 11.1 Å². The van der Waals surface area contributed by atoms with E-state index in [1.54, 1.807) is 36.4 Å². The van der Waals surface area contributed by atoms with E-state index < -0.39 is 10.8 Å². The van der Waals surface area contributed by atoms with E-state index in [1.807, 2.05) is 26.0 Å². The molecule has 35 heavy (non-hydrogen) atoms. The lowest BCUT2D eigenvalue weighted by atomic mass is 10.1. The summed E-state index contributed by atoms with van der Waals surface area (Å²) in [5, 5.41) is 28.4. The van der Waals surface area contributed by atoms with Crippen molar-refractivity contribution in [2.45, 2.75) is 30.5 Å². The van der Waals surface area contributed by atoms with E-state index in [-0.39, 0.29) is 46.3 Å². The Balaban J connectivity index is -0.00000259. The van der Waals surface area contributed by atoms with Gasteiger partial charge in [0, 0.05) is 40.1 Å². The van der Waals surface area contributed by atoms with E-state index >= 15 is 0 Å². The van der Waals surface area contributed by atoms with Crippen molar-refractivity contribution >= 4 is 28.4 Å².